The fourth-order valence-electron chi connectivity index (χ4n) is 4.35. The monoisotopic (exact) mass is 338 g/mol. The molecule has 4 heteroatoms. The van der Waals surface area contributed by atoms with Crippen LogP contribution in [0.25, 0.3) is 10.8 Å². The van der Waals surface area contributed by atoms with Crippen LogP contribution in [0.1, 0.15) is 31.2 Å². The highest BCUT2D eigenvalue weighted by Gasteiger charge is 2.25. The third-order valence-electron chi connectivity index (χ3n) is 5.73. The van der Waals surface area contributed by atoms with Crippen LogP contribution in [0.3, 0.4) is 0 Å². The second-order valence-electron chi connectivity index (χ2n) is 7.70. The van der Waals surface area contributed by atoms with E-state index in [1.54, 1.807) is 0 Å². The molecule has 2 aromatic rings. The number of hydrogen-bond acceptors (Lipinski definition) is 4. The third kappa shape index (κ3) is 4.21. The van der Waals surface area contributed by atoms with Crippen LogP contribution in [0.15, 0.2) is 42.5 Å². The van der Waals surface area contributed by atoms with Gasteiger partial charge in [0.05, 0.1) is 6.17 Å². The first kappa shape index (κ1) is 17.0. The lowest BCUT2D eigenvalue weighted by Gasteiger charge is -2.37. The van der Waals surface area contributed by atoms with Crippen LogP contribution in [-0.4, -0.2) is 37.4 Å². The average Bonchev–Trinajstić information content (AvgIpc) is 2.64. The van der Waals surface area contributed by atoms with E-state index in [9.17, 15) is 0 Å². The standard InChI is InChI=1S/C21H30N4/c22-17-8-10-18(11-9-17)24-21-14-23-13-19(25-21)12-16-6-3-5-15-4-1-2-7-20(15)16/h1-7,17-19,21,23-25H,8-14,22H2. The van der Waals surface area contributed by atoms with Gasteiger partial charge >= 0.3 is 0 Å². The molecule has 2 aromatic carbocycles. The number of benzene rings is 2. The fourth-order valence-corrected chi connectivity index (χ4v) is 4.35. The minimum Gasteiger partial charge on any atom is -0.328 e. The molecule has 0 amide bonds. The summed E-state index contributed by atoms with van der Waals surface area (Å²) in [5.74, 6) is 0. The summed E-state index contributed by atoms with van der Waals surface area (Å²) in [6.07, 6.45) is 6.12. The first-order valence-corrected chi connectivity index (χ1v) is 9.73. The molecule has 0 radical (unpaired) electrons. The van der Waals surface area contributed by atoms with Crippen molar-refractivity contribution in [3.63, 3.8) is 0 Å². The SMILES string of the molecule is NC1CCC(NC2CNCC(Cc3cccc4ccccc34)N2)CC1. The molecular weight excluding hydrogens is 308 g/mol. The Morgan fingerprint density at radius 2 is 1.76 bits per heavy atom. The second-order valence-corrected chi connectivity index (χ2v) is 7.70. The third-order valence-corrected chi connectivity index (χ3v) is 5.73. The summed E-state index contributed by atoms with van der Waals surface area (Å²) in [7, 11) is 0. The van der Waals surface area contributed by atoms with Crippen molar-refractivity contribution in [2.45, 2.75) is 56.4 Å². The van der Waals surface area contributed by atoms with Crippen molar-refractivity contribution in [3.05, 3.63) is 48.0 Å². The molecule has 1 aliphatic heterocycles. The van der Waals surface area contributed by atoms with Gasteiger partial charge in [0.25, 0.3) is 0 Å². The molecule has 4 rings (SSSR count). The zero-order valence-corrected chi connectivity index (χ0v) is 14.9. The van der Waals surface area contributed by atoms with Crippen molar-refractivity contribution >= 4 is 10.8 Å². The first-order chi connectivity index (χ1) is 12.3. The summed E-state index contributed by atoms with van der Waals surface area (Å²) in [6.45, 7) is 2.02. The Labute approximate surface area is 150 Å². The van der Waals surface area contributed by atoms with Gasteiger partial charge in [-0.05, 0) is 48.4 Å². The molecule has 0 bridgehead atoms. The molecule has 2 aliphatic rings. The van der Waals surface area contributed by atoms with E-state index in [2.05, 4.69) is 58.4 Å². The molecule has 0 aromatic heterocycles. The van der Waals surface area contributed by atoms with Crippen molar-refractivity contribution in [1.29, 1.82) is 0 Å². The maximum Gasteiger partial charge on any atom is 0.0705 e. The summed E-state index contributed by atoms with van der Waals surface area (Å²) in [6, 6.07) is 16.8. The predicted molar refractivity (Wildman–Crippen MR) is 105 cm³/mol. The van der Waals surface area contributed by atoms with Gasteiger partial charge in [0.2, 0.25) is 0 Å². The van der Waals surface area contributed by atoms with Crippen LogP contribution in [0.2, 0.25) is 0 Å². The highest BCUT2D eigenvalue weighted by Crippen LogP contribution is 2.21. The Morgan fingerprint density at radius 3 is 2.64 bits per heavy atom. The van der Waals surface area contributed by atoms with Crippen molar-refractivity contribution in [1.82, 2.24) is 16.0 Å². The number of hydrogen-bond donors (Lipinski definition) is 4. The maximum atomic E-state index is 6.03. The van der Waals surface area contributed by atoms with Crippen LogP contribution in [0, 0.1) is 0 Å². The lowest BCUT2D eigenvalue weighted by atomic mass is 9.91. The van der Waals surface area contributed by atoms with E-state index < -0.39 is 0 Å². The van der Waals surface area contributed by atoms with E-state index in [0.717, 1.165) is 32.4 Å². The smallest absolute Gasteiger partial charge is 0.0705 e. The molecule has 1 heterocycles. The topological polar surface area (TPSA) is 62.1 Å². The molecule has 134 valence electrons. The average molecular weight is 338 g/mol. The molecule has 1 saturated carbocycles. The van der Waals surface area contributed by atoms with Gasteiger partial charge in [-0.15, -0.1) is 0 Å². The van der Waals surface area contributed by atoms with Crippen molar-refractivity contribution in [3.8, 4) is 0 Å². The van der Waals surface area contributed by atoms with E-state index >= 15 is 0 Å². The summed E-state index contributed by atoms with van der Waals surface area (Å²) in [5, 5.41) is 13.9. The molecule has 0 spiro atoms. The van der Waals surface area contributed by atoms with Gasteiger partial charge in [-0.1, -0.05) is 42.5 Å². The normalized spacial score (nSPS) is 30.4. The zero-order valence-electron chi connectivity index (χ0n) is 14.9. The molecule has 5 N–H and O–H groups in total. The highest BCUT2D eigenvalue weighted by atomic mass is 15.2. The van der Waals surface area contributed by atoms with Crippen LogP contribution < -0.4 is 21.7 Å². The Balaban J connectivity index is 1.38. The Morgan fingerprint density at radius 1 is 0.960 bits per heavy atom. The fraction of sp³-hybridized carbons (Fsp3) is 0.524. The zero-order chi connectivity index (χ0) is 17.1. The van der Waals surface area contributed by atoms with Gasteiger partial charge in [-0.25, -0.2) is 0 Å². The van der Waals surface area contributed by atoms with Crippen molar-refractivity contribution in [2.24, 2.45) is 5.73 Å². The lowest BCUT2D eigenvalue weighted by Crippen LogP contribution is -2.63. The van der Waals surface area contributed by atoms with Crippen LogP contribution in [-0.2, 0) is 6.42 Å². The van der Waals surface area contributed by atoms with Crippen LogP contribution >= 0.6 is 0 Å². The first-order valence-electron chi connectivity index (χ1n) is 9.73. The van der Waals surface area contributed by atoms with E-state index in [4.69, 9.17) is 5.73 Å². The Bertz CT molecular complexity index is 688. The summed E-state index contributed by atoms with van der Waals surface area (Å²) in [5.41, 5.74) is 7.46. The largest absolute Gasteiger partial charge is 0.328 e. The molecule has 1 saturated heterocycles. The number of piperazine rings is 1. The molecule has 2 unspecified atom stereocenters. The quantitative estimate of drug-likeness (QED) is 0.690. The molecule has 1 aliphatic carbocycles. The summed E-state index contributed by atoms with van der Waals surface area (Å²) in [4.78, 5) is 0. The molecule has 4 nitrogen and oxygen atoms in total. The van der Waals surface area contributed by atoms with Crippen LogP contribution in [0.5, 0.6) is 0 Å². The van der Waals surface area contributed by atoms with Gasteiger partial charge in [0.15, 0.2) is 0 Å². The number of nitrogens with two attached hydrogens (primary N) is 1. The summed E-state index contributed by atoms with van der Waals surface area (Å²) >= 11 is 0. The van der Waals surface area contributed by atoms with E-state index in [1.807, 2.05) is 0 Å². The van der Waals surface area contributed by atoms with Crippen LogP contribution in [0.4, 0.5) is 0 Å². The number of nitrogens with one attached hydrogen (secondary N) is 3. The van der Waals surface area contributed by atoms with Gasteiger partial charge in [0.1, 0.15) is 0 Å². The van der Waals surface area contributed by atoms with Gasteiger partial charge in [-0.2, -0.15) is 0 Å². The Kier molecular flexibility index (Phi) is 5.32. The van der Waals surface area contributed by atoms with E-state index in [1.165, 1.54) is 29.2 Å². The lowest BCUT2D eigenvalue weighted by molar-refractivity contribution is 0.243. The van der Waals surface area contributed by atoms with E-state index in [0.29, 0.717) is 24.3 Å². The minimum atomic E-state index is 0.355. The van der Waals surface area contributed by atoms with Gasteiger partial charge in [-0.3, -0.25) is 10.6 Å². The molecule has 2 fully saturated rings. The van der Waals surface area contributed by atoms with Gasteiger partial charge in [0, 0.05) is 31.2 Å². The van der Waals surface area contributed by atoms with Crippen molar-refractivity contribution in [2.75, 3.05) is 13.1 Å². The molecule has 25 heavy (non-hydrogen) atoms. The number of rotatable bonds is 4. The van der Waals surface area contributed by atoms with E-state index in [-0.39, 0.29) is 0 Å². The molecular formula is C21H30N4. The highest BCUT2D eigenvalue weighted by molar-refractivity contribution is 5.85. The summed E-state index contributed by atoms with van der Waals surface area (Å²) < 4.78 is 0. The van der Waals surface area contributed by atoms with Crippen molar-refractivity contribution < 1.29 is 0 Å². The second kappa shape index (κ2) is 7.83. The predicted octanol–water partition coefficient (Wildman–Crippen LogP) is 2.13. The maximum absolute atomic E-state index is 6.03. The molecule has 2 atom stereocenters. The van der Waals surface area contributed by atoms with Gasteiger partial charge < -0.3 is 11.1 Å². The number of fused-ring (bicyclic) bond motifs is 1. The minimum absolute atomic E-state index is 0.355. The Hall–Kier alpha value is -1.46.